The monoisotopic (exact) mass is 394 g/mol. The summed E-state index contributed by atoms with van der Waals surface area (Å²) in [6.45, 7) is 2.89. The quantitative estimate of drug-likeness (QED) is 0.495. The topological polar surface area (TPSA) is 71.2 Å². The van der Waals surface area contributed by atoms with E-state index in [-0.39, 0.29) is 11.9 Å². The van der Waals surface area contributed by atoms with E-state index < -0.39 is 0 Å². The highest BCUT2D eigenvalue weighted by molar-refractivity contribution is 9.10. The molecule has 0 saturated carbocycles. The van der Waals surface area contributed by atoms with Gasteiger partial charge in [0.1, 0.15) is 5.69 Å². The molecule has 0 atom stereocenters. The number of esters is 1. The van der Waals surface area contributed by atoms with Gasteiger partial charge in [-0.05, 0) is 38.0 Å². The molecule has 0 unspecified atom stereocenters. The summed E-state index contributed by atoms with van der Waals surface area (Å²) in [7, 11) is 0. The number of halogens is 1. The van der Waals surface area contributed by atoms with Gasteiger partial charge in [-0.3, -0.25) is 9.59 Å². The third-order valence-electron chi connectivity index (χ3n) is 3.73. The van der Waals surface area contributed by atoms with E-state index in [0.29, 0.717) is 25.3 Å². The van der Waals surface area contributed by atoms with Crippen LogP contribution in [0, 0.1) is 0 Å². The van der Waals surface area contributed by atoms with Crippen LogP contribution in [-0.4, -0.2) is 30.0 Å². The molecule has 2 N–H and O–H groups in total. The Bertz CT molecular complexity index is 697. The minimum absolute atomic E-state index is 0.0890. The number of amides is 1. The van der Waals surface area contributed by atoms with Gasteiger partial charge in [0.2, 0.25) is 0 Å². The van der Waals surface area contributed by atoms with Gasteiger partial charge in [-0.25, -0.2) is 0 Å². The molecule has 0 aliphatic carbocycles. The van der Waals surface area contributed by atoms with E-state index in [2.05, 4.69) is 26.2 Å². The Kier molecular flexibility index (Phi) is 7.31. The van der Waals surface area contributed by atoms with Gasteiger partial charge in [-0.1, -0.05) is 34.8 Å². The number of fused-ring (bicyclic) bond motifs is 1. The third-order valence-corrected chi connectivity index (χ3v) is 4.22. The van der Waals surface area contributed by atoms with Gasteiger partial charge < -0.3 is 15.0 Å². The number of aromatic amines is 1. The van der Waals surface area contributed by atoms with Crippen molar-refractivity contribution < 1.29 is 14.3 Å². The summed E-state index contributed by atoms with van der Waals surface area (Å²) < 4.78 is 5.86. The lowest BCUT2D eigenvalue weighted by Gasteiger charge is -2.04. The zero-order chi connectivity index (χ0) is 17.4. The molecule has 0 aliphatic rings. The van der Waals surface area contributed by atoms with Crippen LogP contribution in [-0.2, 0) is 9.53 Å². The Balaban J connectivity index is 1.65. The molecule has 0 aliphatic heterocycles. The highest BCUT2D eigenvalue weighted by Crippen LogP contribution is 2.20. The molecule has 0 bridgehead atoms. The minimum Gasteiger partial charge on any atom is -0.466 e. The standard InChI is InChI=1S/C18H23BrN2O3/c1-2-24-17(22)7-5-3-4-6-10-20-18(23)16-11-13-8-9-14(19)12-15(13)21-16/h8-9,11-12,21H,2-7,10H2,1H3,(H,20,23). The average molecular weight is 395 g/mol. The average Bonchev–Trinajstić information content (AvgIpc) is 2.97. The van der Waals surface area contributed by atoms with Crippen molar-refractivity contribution in [3.63, 3.8) is 0 Å². The SMILES string of the molecule is CCOC(=O)CCCCCCNC(=O)c1cc2ccc(Br)cc2[nH]1. The van der Waals surface area contributed by atoms with Crippen LogP contribution in [0.5, 0.6) is 0 Å². The van der Waals surface area contributed by atoms with Gasteiger partial charge in [-0.15, -0.1) is 0 Å². The van der Waals surface area contributed by atoms with E-state index in [1.54, 1.807) is 0 Å². The first-order valence-corrected chi connectivity index (χ1v) is 9.11. The van der Waals surface area contributed by atoms with Crippen molar-refractivity contribution in [3.8, 4) is 0 Å². The number of hydrogen-bond donors (Lipinski definition) is 2. The van der Waals surface area contributed by atoms with Crippen LogP contribution < -0.4 is 5.32 Å². The van der Waals surface area contributed by atoms with Crippen LogP contribution in [0.2, 0.25) is 0 Å². The normalized spacial score (nSPS) is 10.8. The van der Waals surface area contributed by atoms with Gasteiger partial charge in [-0.2, -0.15) is 0 Å². The molecule has 1 heterocycles. The largest absolute Gasteiger partial charge is 0.466 e. The van der Waals surface area contributed by atoms with Crippen molar-refractivity contribution in [2.75, 3.05) is 13.2 Å². The molecule has 1 aromatic heterocycles. The molecule has 0 fully saturated rings. The number of ether oxygens (including phenoxy) is 1. The van der Waals surface area contributed by atoms with Crippen molar-refractivity contribution in [3.05, 3.63) is 34.4 Å². The van der Waals surface area contributed by atoms with Crippen LogP contribution in [0.3, 0.4) is 0 Å². The maximum absolute atomic E-state index is 12.1. The van der Waals surface area contributed by atoms with Crippen LogP contribution >= 0.6 is 15.9 Å². The zero-order valence-corrected chi connectivity index (χ0v) is 15.4. The van der Waals surface area contributed by atoms with Gasteiger partial charge in [0.15, 0.2) is 0 Å². The second kappa shape index (κ2) is 9.47. The molecular weight excluding hydrogens is 372 g/mol. The van der Waals surface area contributed by atoms with Gasteiger partial charge >= 0.3 is 5.97 Å². The molecule has 0 saturated heterocycles. The Morgan fingerprint density at radius 3 is 2.75 bits per heavy atom. The zero-order valence-electron chi connectivity index (χ0n) is 13.9. The summed E-state index contributed by atoms with van der Waals surface area (Å²) in [4.78, 5) is 26.4. The number of carbonyl (C=O) groups is 2. The number of unbranched alkanes of at least 4 members (excludes halogenated alkanes) is 3. The molecule has 0 radical (unpaired) electrons. The molecule has 6 heteroatoms. The third kappa shape index (κ3) is 5.67. The van der Waals surface area contributed by atoms with E-state index in [1.165, 1.54) is 0 Å². The summed E-state index contributed by atoms with van der Waals surface area (Å²) in [6, 6.07) is 7.73. The van der Waals surface area contributed by atoms with Crippen LogP contribution in [0.25, 0.3) is 10.9 Å². The lowest BCUT2D eigenvalue weighted by molar-refractivity contribution is -0.143. The lowest BCUT2D eigenvalue weighted by Crippen LogP contribution is -2.24. The fourth-order valence-electron chi connectivity index (χ4n) is 2.50. The fraction of sp³-hybridized carbons (Fsp3) is 0.444. The van der Waals surface area contributed by atoms with E-state index in [9.17, 15) is 9.59 Å². The molecule has 0 spiro atoms. The predicted octanol–water partition coefficient (Wildman–Crippen LogP) is 4.17. The van der Waals surface area contributed by atoms with Gasteiger partial charge in [0.25, 0.3) is 5.91 Å². The summed E-state index contributed by atoms with van der Waals surface area (Å²) >= 11 is 3.42. The Hall–Kier alpha value is -1.82. The predicted molar refractivity (Wildman–Crippen MR) is 98.0 cm³/mol. The van der Waals surface area contributed by atoms with Crippen molar-refractivity contribution in [2.24, 2.45) is 0 Å². The van der Waals surface area contributed by atoms with Crippen molar-refractivity contribution in [2.45, 2.75) is 39.0 Å². The molecule has 2 aromatic rings. The van der Waals surface area contributed by atoms with E-state index >= 15 is 0 Å². The second-order valence-electron chi connectivity index (χ2n) is 5.64. The highest BCUT2D eigenvalue weighted by Gasteiger charge is 2.09. The van der Waals surface area contributed by atoms with Gasteiger partial charge in [0, 0.05) is 28.3 Å². The van der Waals surface area contributed by atoms with E-state index in [4.69, 9.17) is 4.74 Å². The summed E-state index contributed by atoms with van der Waals surface area (Å²) in [5.74, 6) is -0.218. The smallest absolute Gasteiger partial charge is 0.305 e. The van der Waals surface area contributed by atoms with Crippen LogP contribution in [0.15, 0.2) is 28.7 Å². The number of rotatable bonds is 9. The summed E-state index contributed by atoms with van der Waals surface area (Å²) in [6.07, 6.45) is 4.17. The highest BCUT2D eigenvalue weighted by atomic mass is 79.9. The van der Waals surface area contributed by atoms with Crippen molar-refractivity contribution >= 4 is 38.7 Å². The molecule has 2 rings (SSSR count). The van der Waals surface area contributed by atoms with E-state index in [1.807, 2.05) is 31.2 Å². The Morgan fingerprint density at radius 2 is 1.96 bits per heavy atom. The first-order valence-electron chi connectivity index (χ1n) is 8.32. The van der Waals surface area contributed by atoms with Crippen molar-refractivity contribution in [1.29, 1.82) is 0 Å². The number of carbonyl (C=O) groups excluding carboxylic acids is 2. The maximum Gasteiger partial charge on any atom is 0.305 e. The number of benzene rings is 1. The molecular formula is C18H23BrN2O3. The maximum atomic E-state index is 12.1. The Labute approximate surface area is 150 Å². The molecule has 130 valence electrons. The van der Waals surface area contributed by atoms with Gasteiger partial charge in [0.05, 0.1) is 6.61 Å². The first-order chi connectivity index (χ1) is 11.6. The Morgan fingerprint density at radius 1 is 1.17 bits per heavy atom. The van der Waals surface area contributed by atoms with Crippen LogP contribution in [0.4, 0.5) is 0 Å². The molecule has 1 aromatic carbocycles. The second-order valence-corrected chi connectivity index (χ2v) is 6.56. The van der Waals surface area contributed by atoms with Crippen molar-refractivity contribution in [1.82, 2.24) is 10.3 Å². The summed E-state index contributed by atoms with van der Waals surface area (Å²) in [5, 5.41) is 3.94. The molecule has 24 heavy (non-hydrogen) atoms. The number of nitrogens with one attached hydrogen (secondary N) is 2. The minimum atomic E-state index is -0.128. The van der Waals surface area contributed by atoms with E-state index in [0.717, 1.165) is 41.1 Å². The fourth-order valence-corrected chi connectivity index (χ4v) is 2.86. The number of hydrogen-bond acceptors (Lipinski definition) is 3. The number of H-pyrrole nitrogens is 1. The van der Waals surface area contributed by atoms with Crippen LogP contribution in [0.1, 0.15) is 49.5 Å². The number of aromatic nitrogens is 1. The first kappa shape index (κ1) is 18.5. The summed E-state index contributed by atoms with van der Waals surface area (Å²) in [5.41, 5.74) is 1.51. The molecule has 5 nitrogen and oxygen atoms in total. The lowest BCUT2D eigenvalue weighted by atomic mass is 10.1. The molecule has 1 amide bonds.